The van der Waals surface area contributed by atoms with Crippen LogP contribution in [0.1, 0.15) is 37.0 Å². The summed E-state index contributed by atoms with van der Waals surface area (Å²) in [6, 6.07) is 0. The van der Waals surface area contributed by atoms with Gasteiger partial charge in [-0.25, -0.2) is 9.97 Å². The van der Waals surface area contributed by atoms with Gasteiger partial charge in [0.15, 0.2) is 0 Å². The lowest BCUT2D eigenvalue weighted by atomic mass is 9.96. The monoisotopic (exact) mass is 232 g/mol. The highest BCUT2D eigenvalue weighted by Crippen LogP contribution is 2.22. The first-order valence-corrected chi connectivity index (χ1v) is 4.56. The molecule has 1 rings (SSSR count). The zero-order valence-corrected chi connectivity index (χ0v) is 9.09. The number of ketones is 1. The van der Waals surface area contributed by atoms with Crippen LogP contribution in [0.3, 0.4) is 0 Å². The molecule has 3 nitrogen and oxygen atoms in total. The number of carbonyl (C=O) groups is 1. The summed E-state index contributed by atoms with van der Waals surface area (Å²) < 4.78 is 36.2. The zero-order valence-electron chi connectivity index (χ0n) is 9.09. The molecule has 0 bridgehead atoms. The molecular formula is C10H11F3N2O. The fraction of sp³-hybridized carbons (Fsp3) is 0.500. The maximum atomic E-state index is 12.1. The van der Waals surface area contributed by atoms with Crippen molar-refractivity contribution in [1.82, 2.24) is 9.97 Å². The summed E-state index contributed by atoms with van der Waals surface area (Å²) in [6.07, 6.45) is -3.07. The van der Waals surface area contributed by atoms with Crippen LogP contribution in [-0.4, -0.2) is 21.9 Å². The third kappa shape index (κ3) is 2.77. The summed E-state index contributed by atoms with van der Waals surface area (Å²) in [5, 5.41) is 0. The predicted octanol–water partition coefficient (Wildman–Crippen LogP) is 2.52. The van der Waals surface area contributed by atoms with E-state index in [4.69, 9.17) is 0 Å². The first-order chi connectivity index (χ1) is 7.12. The lowest BCUT2D eigenvalue weighted by Crippen LogP contribution is -2.24. The van der Waals surface area contributed by atoms with Crippen molar-refractivity contribution in [3.05, 3.63) is 23.8 Å². The maximum Gasteiger partial charge on any atom is 0.454 e. The van der Waals surface area contributed by atoms with Crippen molar-refractivity contribution in [3.63, 3.8) is 0 Å². The molecule has 0 radical (unpaired) electrons. The fourth-order valence-corrected chi connectivity index (χ4v) is 0.996. The van der Waals surface area contributed by atoms with Gasteiger partial charge in [0, 0.05) is 17.8 Å². The van der Waals surface area contributed by atoms with Crippen LogP contribution in [0.25, 0.3) is 0 Å². The molecule has 0 saturated heterocycles. The number of carbonyl (C=O) groups excluding carboxylic acids is 1. The van der Waals surface area contributed by atoms with Crippen molar-refractivity contribution in [3.8, 4) is 0 Å². The minimum absolute atomic E-state index is 0.361. The van der Waals surface area contributed by atoms with E-state index >= 15 is 0 Å². The van der Waals surface area contributed by atoms with E-state index < -0.39 is 17.5 Å². The third-order valence-corrected chi connectivity index (χ3v) is 1.84. The van der Waals surface area contributed by atoms with Gasteiger partial charge in [0.1, 0.15) is 5.82 Å². The van der Waals surface area contributed by atoms with Gasteiger partial charge in [0.2, 0.25) is 0 Å². The van der Waals surface area contributed by atoms with Crippen LogP contribution in [0.15, 0.2) is 12.4 Å². The number of alkyl halides is 3. The van der Waals surface area contributed by atoms with Crippen molar-refractivity contribution in [2.75, 3.05) is 0 Å². The quantitative estimate of drug-likeness (QED) is 0.699. The van der Waals surface area contributed by atoms with Gasteiger partial charge in [0.25, 0.3) is 5.78 Å². The van der Waals surface area contributed by atoms with Crippen molar-refractivity contribution in [2.45, 2.75) is 32.4 Å². The topological polar surface area (TPSA) is 42.9 Å². The summed E-state index contributed by atoms with van der Waals surface area (Å²) >= 11 is 0. The fourth-order valence-electron chi connectivity index (χ4n) is 0.996. The summed E-state index contributed by atoms with van der Waals surface area (Å²) in [5.41, 5.74) is -0.903. The molecule has 6 heteroatoms. The van der Waals surface area contributed by atoms with Crippen LogP contribution >= 0.6 is 0 Å². The van der Waals surface area contributed by atoms with E-state index in [0.29, 0.717) is 5.82 Å². The van der Waals surface area contributed by atoms with Gasteiger partial charge >= 0.3 is 6.18 Å². The van der Waals surface area contributed by atoms with Gasteiger partial charge in [-0.15, -0.1) is 0 Å². The second-order valence-electron chi connectivity index (χ2n) is 4.37. The molecule has 1 heterocycles. The summed E-state index contributed by atoms with van der Waals surface area (Å²) in [6.45, 7) is 5.48. The van der Waals surface area contributed by atoms with Crippen LogP contribution in [-0.2, 0) is 5.41 Å². The largest absolute Gasteiger partial charge is 0.454 e. The van der Waals surface area contributed by atoms with Crippen molar-refractivity contribution < 1.29 is 18.0 Å². The van der Waals surface area contributed by atoms with Crippen LogP contribution in [0.4, 0.5) is 13.2 Å². The van der Waals surface area contributed by atoms with Gasteiger partial charge in [-0.05, 0) is 0 Å². The highest BCUT2D eigenvalue weighted by molar-refractivity contribution is 5.99. The Morgan fingerprint density at radius 3 is 1.88 bits per heavy atom. The third-order valence-electron chi connectivity index (χ3n) is 1.84. The first kappa shape index (κ1) is 12.6. The van der Waals surface area contributed by atoms with Gasteiger partial charge in [0.05, 0.1) is 5.56 Å². The zero-order chi connectivity index (χ0) is 12.6. The molecule has 0 unspecified atom stereocenters. The number of halogens is 3. The Morgan fingerprint density at radius 1 is 1.12 bits per heavy atom. The molecule has 1 aromatic heterocycles. The molecule has 0 N–H and O–H groups in total. The first-order valence-electron chi connectivity index (χ1n) is 4.56. The average Bonchev–Trinajstić information content (AvgIpc) is 2.14. The molecule has 16 heavy (non-hydrogen) atoms. The normalized spacial score (nSPS) is 12.6. The van der Waals surface area contributed by atoms with Crippen molar-refractivity contribution in [2.24, 2.45) is 0 Å². The number of hydrogen-bond donors (Lipinski definition) is 0. The SMILES string of the molecule is CC(C)(C)c1ncc(C(=O)C(F)(F)F)cn1. The minimum atomic E-state index is -4.88. The number of aromatic nitrogens is 2. The standard InChI is InChI=1S/C10H11F3N2O/c1-9(2,3)8-14-4-6(5-15-8)7(16)10(11,12)13/h4-5H,1-3H3. The molecule has 0 saturated carbocycles. The Hall–Kier alpha value is -1.46. The second-order valence-corrected chi connectivity index (χ2v) is 4.37. The number of hydrogen-bond acceptors (Lipinski definition) is 3. The molecule has 0 spiro atoms. The molecule has 0 aromatic carbocycles. The Kier molecular flexibility index (Phi) is 3.03. The van der Waals surface area contributed by atoms with Gasteiger partial charge in [-0.1, -0.05) is 20.8 Å². The number of rotatable bonds is 1. The van der Waals surface area contributed by atoms with Crippen LogP contribution in [0, 0.1) is 0 Å². The van der Waals surface area contributed by atoms with E-state index in [-0.39, 0.29) is 5.41 Å². The molecule has 1 aromatic rings. The Morgan fingerprint density at radius 2 is 1.56 bits per heavy atom. The average molecular weight is 232 g/mol. The van der Waals surface area contributed by atoms with E-state index in [0.717, 1.165) is 12.4 Å². The smallest absolute Gasteiger partial charge is 0.284 e. The number of Topliss-reactive ketones (excluding diaryl/α,β-unsaturated/α-hetero) is 1. The highest BCUT2D eigenvalue weighted by Gasteiger charge is 2.39. The van der Waals surface area contributed by atoms with Crippen molar-refractivity contribution >= 4 is 5.78 Å². The van der Waals surface area contributed by atoms with Crippen LogP contribution < -0.4 is 0 Å². The van der Waals surface area contributed by atoms with E-state index in [9.17, 15) is 18.0 Å². The lowest BCUT2D eigenvalue weighted by molar-refractivity contribution is -0.0885. The number of nitrogens with zero attached hydrogens (tertiary/aromatic N) is 2. The van der Waals surface area contributed by atoms with E-state index in [2.05, 4.69) is 9.97 Å². The van der Waals surface area contributed by atoms with Gasteiger partial charge < -0.3 is 0 Å². The molecule has 0 aliphatic carbocycles. The summed E-state index contributed by atoms with van der Waals surface area (Å²) in [5.74, 6) is -1.53. The predicted molar refractivity (Wildman–Crippen MR) is 51.1 cm³/mol. The van der Waals surface area contributed by atoms with Crippen molar-refractivity contribution in [1.29, 1.82) is 0 Å². The van der Waals surface area contributed by atoms with E-state index in [1.807, 2.05) is 20.8 Å². The maximum absolute atomic E-state index is 12.1. The van der Waals surface area contributed by atoms with Crippen LogP contribution in [0.5, 0.6) is 0 Å². The van der Waals surface area contributed by atoms with E-state index in [1.165, 1.54) is 0 Å². The van der Waals surface area contributed by atoms with Gasteiger partial charge in [-0.3, -0.25) is 4.79 Å². The molecule has 0 aliphatic heterocycles. The Bertz CT molecular complexity index is 390. The Balaban J connectivity index is 3.01. The second kappa shape index (κ2) is 3.84. The highest BCUT2D eigenvalue weighted by atomic mass is 19.4. The van der Waals surface area contributed by atoms with Crippen LogP contribution in [0.2, 0.25) is 0 Å². The minimum Gasteiger partial charge on any atom is -0.284 e. The molecular weight excluding hydrogens is 221 g/mol. The van der Waals surface area contributed by atoms with Gasteiger partial charge in [-0.2, -0.15) is 13.2 Å². The van der Waals surface area contributed by atoms with E-state index in [1.54, 1.807) is 0 Å². The molecule has 0 atom stereocenters. The summed E-state index contributed by atoms with van der Waals surface area (Å²) in [4.78, 5) is 18.3. The lowest BCUT2D eigenvalue weighted by Gasteiger charge is -2.16. The molecule has 88 valence electrons. The Labute approximate surface area is 90.7 Å². The molecule has 0 fully saturated rings. The molecule has 0 aliphatic rings. The molecule has 0 amide bonds. The summed E-state index contributed by atoms with van der Waals surface area (Å²) in [7, 11) is 0.